The van der Waals surface area contributed by atoms with Gasteiger partial charge in [-0.3, -0.25) is 4.18 Å². The maximum atomic E-state index is 9.22. The largest absolute Gasteiger partial charge is 0.726 e. The second-order valence-corrected chi connectivity index (χ2v) is 8.84. The van der Waals surface area contributed by atoms with Crippen LogP contribution in [0, 0.1) is 6.92 Å². The van der Waals surface area contributed by atoms with Crippen LogP contribution in [-0.4, -0.2) is 24.8 Å². The van der Waals surface area contributed by atoms with E-state index in [1.165, 1.54) is 64.2 Å². The molecule has 2 saturated carbocycles. The molecule has 0 spiro atoms. The molecule has 26 heavy (non-hydrogen) atoms. The zero-order chi connectivity index (χ0) is 19.3. The fourth-order valence-electron chi connectivity index (χ4n) is 4.83. The standard InChI is InChI=1S/C18H31N2.CH4O4S/c1-14-17(15-10-6-4-7-11-15)19(2)20(3)18(14)16-12-8-5-9-13-16;1-5-6(2,3)4/h15-16H,4-13H2,1-3H3;1H3,(H,2,3,4)/q+1;/p-1. The van der Waals surface area contributed by atoms with E-state index in [4.69, 9.17) is 0 Å². The first kappa shape index (κ1) is 21.4. The van der Waals surface area contributed by atoms with E-state index in [0.717, 1.165) is 18.9 Å². The van der Waals surface area contributed by atoms with Crippen LogP contribution in [0.15, 0.2) is 0 Å². The molecule has 7 heteroatoms. The normalized spacial score (nSPS) is 19.9. The fraction of sp³-hybridized carbons (Fsp3) is 0.842. The molecule has 150 valence electrons. The highest BCUT2D eigenvalue weighted by Crippen LogP contribution is 2.38. The van der Waals surface area contributed by atoms with Gasteiger partial charge in [-0.25, -0.2) is 8.42 Å². The molecule has 1 heterocycles. The van der Waals surface area contributed by atoms with Gasteiger partial charge in [0, 0.05) is 17.4 Å². The average molecular weight is 387 g/mol. The third kappa shape index (κ3) is 5.30. The minimum Gasteiger partial charge on any atom is -0.726 e. The van der Waals surface area contributed by atoms with E-state index in [0.29, 0.717) is 0 Å². The van der Waals surface area contributed by atoms with Crippen molar-refractivity contribution in [2.75, 3.05) is 7.11 Å². The molecule has 2 aliphatic carbocycles. The predicted octanol–water partition coefficient (Wildman–Crippen LogP) is 3.35. The Morgan fingerprint density at radius 2 is 1.42 bits per heavy atom. The smallest absolute Gasteiger partial charge is 0.217 e. The fourth-order valence-corrected chi connectivity index (χ4v) is 4.83. The van der Waals surface area contributed by atoms with Gasteiger partial charge in [-0.1, -0.05) is 38.5 Å². The van der Waals surface area contributed by atoms with E-state index in [9.17, 15) is 13.0 Å². The summed E-state index contributed by atoms with van der Waals surface area (Å²) >= 11 is 0. The highest BCUT2D eigenvalue weighted by molar-refractivity contribution is 7.80. The molecule has 0 saturated heterocycles. The molecule has 0 atom stereocenters. The van der Waals surface area contributed by atoms with Gasteiger partial charge < -0.3 is 4.55 Å². The van der Waals surface area contributed by atoms with Gasteiger partial charge in [0.05, 0.1) is 19.9 Å². The first-order chi connectivity index (χ1) is 12.3. The van der Waals surface area contributed by atoms with Gasteiger partial charge in [-0.2, -0.15) is 4.68 Å². The van der Waals surface area contributed by atoms with Crippen LogP contribution in [0.4, 0.5) is 0 Å². The highest BCUT2D eigenvalue weighted by Gasteiger charge is 2.34. The lowest BCUT2D eigenvalue weighted by Crippen LogP contribution is -2.42. The van der Waals surface area contributed by atoms with Crippen LogP contribution in [-0.2, 0) is 28.7 Å². The van der Waals surface area contributed by atoms with Gasteiger partial charge in [0.2, 0.25) is 16.1 Å². The second kappa shape index (κ2) is 9.33. The van der Waals surface area contributed by atoms with Gasteiger partial charge in [0.15, 0.2) is 7.05 Å². The number of rotatable bonds is 3. The Labute approximate surface area is 158 Å². The third-order valence-electron chi connectivity index (χ3n) is 6.10. The van der Waals surface area contributed by atoms with Gasteiger partial charge >= 0.3 is 0 Å². The Morgan fingerprint density at radius 3 is 1.85 bits per heavy atom. The third-order valence-corrected chi connectivity index (χ3v) is 6.51. The van der Waals surface area contributed by atoms with Crippen molar-refractivity contribution in [3.05, 3.63) is 17.0 Å². The summed E-state index contributed by atoms with van der Waals surface area (Å²) in [5.74, 6) is 1.63. The summed E-state index contributed by atoms with van der Waals surface area (Å²) in [5, 5.41) is 0. The molecule has 6 nitrogen and oxygen atoms in total. The van der Waals surface area contributed by atoms with Gasteiger partial charge in [0.1, 0.15) is 0 Å². The molecule has 2 fully saturated rings. The van der Waals surface area contributed by atoms with E-state index in [1.54, 1.807) is 17.0 Å². The minimum atomic E-state index is -4.41. The Morgan fingerprint density at radius 1 is 1.00 bits per heavy atom. The summed E-state index contributed by atoms with van der Waals surface area (Å²) < 4.78 is 36.0. The van der Waals surface area contributed by atoms with Crippen LogP contribution in [0.3, 0.4) is 0 Å². The number of hydrogen-bond acceptors (Lipinski definition) is 4. The molecule has 0 radical (unpaired) electrons. The highest BCUT2D eigenvalue weighted by atomic mass is 32.3. The van der Waals surface area contributed by atoms with Crippen molar-refractivity contribution < 1.29 is 21.8 Å². The SMILES string of the molecule is COS(=O)(=O)[O-].Cc1c(C2CCCCC2)n(C)[n+](C)c1C1CCCCC1. The van der Waals surface area contributed by atoms with E-state index in [1.807, 2.05) is 0 Å². The maximum absolute atomic E-state index is 9.22. The Balaban J connectivity index is 0.000000352. The summed E-state index contributed by atoms with van der Waals surface area (Å²) in [4.78, 5) is 0. The van der Waals surface area contributed by atoms with Gasteiger partial charge in [0.25, 0.3) is 0 Å². The topological polar surface area (TPSA) is 75.2 Å². The molecule has 0 aliphatic heterocycles. The maximum Gasteiger partial charge on any atom is 0.217 e. The van der Waals surface area contributed by atoms with Crippen LogP contribution in [0.5, 0.6) is 0 Å². The van der Waals surface area contributed by atoms with Crippen molar-refractivity contribution in [3.8, 4) is 0 Å². The van der Waals surface area contributed by atoms with Crippen LogP contribution >= 0.6 is 0 Å². The summed E-state index contributed by atoms with van der Waals surface area (Å²) in [5.41, 5.74) is 4.91. The summed E-state index contributed by atoms with van der Waals surface area (Å²) in [6, 6.07) is 0. The molecule has 2 aliphatic rings. The predicted molar refractivity (Wildman–Crippen MR) is 99.7 cm³/mol. The first-order valence-electron chi connectivity index (χ1n) is 9.83. The van der Waals surface area contributed by atoms with Crippen molar-refractivity contribution in [3.63, 3.8) is 0 Å². The average Bonchev–Trinajstić information content (AvgIpc) is 2.85. The van der Waals surface area contributed by atoms with E-state index < -0.39 is 10.4 Å². The minimum absolute atomic E-state index is 0.808. The quantitative estimate of drug-likeness (QED) is 0.453. The van der Waals surface area contributed by atoms with Crippen LogP contribution in [0.25, 0.3) is 0 Å². The van der Waals surface area contributed by atoms with Crippen LogP contribution in [0.1, 0.15) is 93.0 Å². The molecule has 0 unspecified atom stereocenters. The summed E-state index contributed by atoms with van der Waals surface area (Å²) in [6.45, 7) is 2.40. The molecule has 1 aromatic rings. The number of nitrogens with zero attached hydrogens (tertiary/aromatic N) is 2. The molecule has 3 rings (SSSR count). The molecule has 0 N–H and O–H groups in total. The van der Waals surface area contributed by atoms with Gasteiger partial charge in [-0.05, 0) is 32.6 Å². The van der Waals surface area contributed by atoms with Crippen molar-refractivity contribution in [1.29, 1.82) is 0 Å². The lowest BCUT2D eigenvalue weighted by molar-refractivity contribution is -0.759. The Bertz CT molecular complexity index is 643. The summed E-state index contributed by atoms with van der Waals surface area (Å²) in [7, 11) is 0.958. The molecule has 0 amide bonds. The van der Waals surface area contributed by atoms with E-state index in [2.05, 4.69) is 34.6 Å². The van der Waals surface area contributed by atoms with Crippen molar-refractivity contribution in [2.45, 2.75) is 83.0 Å². The molecule has 1 aromatic heterocycles. The second-order valence-electron chi connectivity index (χ2n) is 7.69. The van der Waals surface area contributed by atoms with Crippen molar-refractivity contribution in [1.82, 2.24) is 4.68 Å². The molecular formula is C19H34N2O4S. The zero-order valence-electron chi connectivity index (χ0n) is 16.7. The molecule has 0 bridgehead atoms. The van der Waals surface area contributed by atoms with Crippen molar-refractivity contribution in [2.24, 2.45) is 14.1 Å². The molecular weight excluding hydrogens is 352 g/mol. The number of aromatic nitrogens is 2. The van der Waals surface area contributed by atoms with Crippen molar-refractivity contribution >= 4 is 10.4 Å². The van der Waals surface area contributed by atoms with E-state index >= 15 is 0 Å². The Hall–Kier alpha value is -0.920. The number of hydrogen-bond donors (Lipinski definition) is 0. The molecule has 0 aromatic carbocycles. The monoisotopic (exact) mass is 386 g/mol. The zero-order valence-corrected chi connectivity index (χ0v) is 17.5. The van der Waals surface area contributed by atoms with Crippen LogP contribution in [0.2, 0.25) is 0 Å². The van der Waals surface area contributed by atoms with Gasteiger partial charge in [-0.15, -0.1) is 4.68 Å². The Kier molecular flexibility index (Phi) is 7.67. The summed E-state index contributed by atoms with van der Waals surface area (Å²) in [6.07, 6.45) is 14.2. The lowest BCUT2D eigenvalue weighted by atomic mass is 9.82. The lowest BCUT2D eigenvalue weighted by Gasteiger charge is -2.21. The van der Waals surface area contributed by atoms with E-state index in [-0.39, 0.29) is 0 Å². The van der Waals surface area contributed by atoms with Crippen LogP contribution < -0.4 is 4.68 Å². The first-order valence-corrected chi connectivity index (χ1v) is 11.2.